The maximum absolute atomic E-state index is 11.2. The fourth-order valence-electron chi connectivity index (χ4n) is 3.70. The van der Waals surface area contributed by atoms with Gasteiger partial charge in [0.25, 0.3) is 0 Å². The topological polar surface area (TPSA) is 52.6 Å². The Morgan fingerprint density at radius 2 is 1.72 bits per heavy atom. The molecule has 3 aliphatic carbocycles. The molecule has 2 bridgehead atoms. The minimum atomic E-state index is -0.299. The van der Waals surface area contributed by atoms with Crippen LogP contribution in [0.1, 0.15) is 34.6 Å². The summed E-state index contributed by atoms with van der Waals surface area (Å²) in [6, 6.07) is 0. The number of rotatable bonds is 2. The molecule has 0 unspecified atom stereocenters. The summed E-state index contributed by atoms with van der Waals surface area (Å²) in [5.74, 6) is -0.286. The lowest BCUT2D eigenvalue weighted by Crippen LogP contribution is -2.66. The minimum Gasteiger partial charge on any atom is -0.461 e. The van der Waals surface area contributed by atoms with Crippen molar-refractivity contribution >= 4 is 11.9 Å². The summed E-state index contributed by atoms with van der Waals surface area (Å²) in [5.41, 5.74) is 1.14. The highest BCUT2D eigenvalue weighted by Gasteiger charge is 2.64. The lowest BCUT2D eigenvalue weighted by Gasteiger charge is -2.62. The summed E-state index contributed by atoms with van der Waals surface area (Å²) < 4.78 is 10.8. The zero-order chi connectivity index (χ0) is 13.7. The van der Waals surface area contributed by atoms with Crippen LogP contribution >= 0.6 is 0 Å². The lowest BCUT2D eigenvalue weighted by atomic mass is 9.46. The zero-order valence-corrected chi connectivity index (χ0v) is 11.5. The molecule has 4 nitrogen and oxygen atoms in total. The van der Waals surface area contributed by atoms with Crippen molar-refractivity contribution in [1.82, 2.24) is 0 Å². The average Bonchev–Trinajstić information content (AvgIpc) is 2.12. The molecule has 0 aromatic heterocycles. The Morgan fingerprint density at radius 1 is 1.17 bits per heavy atom. The van der Waals surface area contributed by atoms with Gasteiger partial charge in [0.2, 0.25) is 0 Å². The summed E-state index contributed by atoms with van der Waals surface area (Å²) in [5, 5.41) is 0. The van der Waals surface area contributed by atoms with Gasteiger partial charge in [0.15, 0.2) is 0 Å². The molecular formula is C14H20O4. The Kier molecular flexibility index (Phi) is 2.99. The smallest absolute Gasteiger partial charge is 0.303 e. The van der Waals surface area contributed by atoms with Crippen LogP contribution in [-0.4, -0.2) is 24.1 Å². The van der Waals surface area contributed by atoms with Crippen molar-refractivity contribution in [3.8, 4) is 0 Å². The summed E-state index contributed by atoms with van der Waals surface area (Å²) in [4.78, 5) is 22.3. The van der Waals surface area contributed by atoms with Gasteiger partial charge >= 0.3 is 11.9 Å². The van der Waals surface area contributed by atoms with E-state index >= 15 is 0 Å². The van der Waals surface area contributed by atoms with Crippen molar-refractivity contribution in [3.63, 3.8) is 0 Å². The van der Waals surface area contributed by atoms with Gasteiger partial charge in [-0.3, -0.25) is 9.59 Å². The highest BCUT2D eigenvalue weighted by Crippen LogP contribution is 2.61. The van der Waals surface area contributed by atoms with E-state index < -0.39 is 0 Å². The third-order valence-electron chi connectivity index (χ3n) is 4.22. The van der Waals surface area contributed by atoms with E-state index in [9.17, 15) is 9.59 Å². The first-order valence-corrected chi connectivity index (χ1v) is 6.28. The second kappa shape index (κ2) is 4.11. The van der Waals surface area contributed by atoms with Crippen molar-refractivity contribution in [3.05, 3.63) is 11.6 Å². The van der Waals surface area contributed by atoms with Gasteiger partial charge in [0, 0.05) is 25.7 Å². The number of carbonyl (C=O) groups excluding carboxylic acids is 2. The van der Waals surface area contributed by atoms with Gasteiger partial charge < -0.3 is 9.47 Å². The summed E-state index contributed by atoms with van der Waals surface area (Å²) in [6.45, 7) is 9.10. The summed E-state index contributed by atoms with van der Waals surface area (Å²) in [6.07, 6.45) is 1.54. The molecule has 0 amide bonds. The quantitative estimate of drug-likeness (QED) is 0.557. The molecule has 1 fully saturated rings. The van der Waals surface area contributed by atoms with Crippen LogP contribution in [-0.2, 0) is 19.1 Å². The van der Waals surface area contributed by atoms with E-state index in [-0.39, 0.29) is 41.4 Å². The van der Waals surface area contributed by atoms with E-state index in [2.05, 4.69) is 13.8 Å². The molecule has 0 N–H and O–H groups in total. The van der Waals surface area contributed by atoms with E-state index in [1.807, 2.05) is 13.0 Å². The first kappa shape index (κ1) is 13.1. The molecule has 0 aromatic carbocycles. The van der Waals surface area contributed by atoms with Crippen molar-refractivity contribution in [1.29, 1.82) is 0 Å². The van der Waals surface area contributed by atoms with E-state index in [0.29, 0.717) is 0 Å². The van der Waals surface area contributed by atoms with E-state index in [0.717, 1.165) is 5.57 Å². The van der Waals surface area contributed by atoms with Crippen LogP contribution in [0.4, 0.5) is 0 Å². The van der Waals surface area contributed by atoms with Crippen molar-refractivity contribution in [2.45, 2.75) is 46.8 Å². The third kappa shape index (κ3) is 1.84. The van der Waals surface area contributed by atoms with Gasteiger partial charge in [-0.2, -0.15) is 0 Å². The van der Waals surface area contributed by atoms with Gasteiger partial charge in [-0.15, -0.1) is 0 Å². The third-order valence-corrected chi connectivity index (χ3v) is 4.22. The Bertz CT molecular complexity index is 422. The first-order chi connectivity index (χ1) is 8.25. The highest BCUT2D eigenvalue weighted by atomic mass is 16.6. The zero-order valence-electron chi connectivity index (χ0n) is 11.5. The monoisotopic (exact) mass is 252 g/mol. The lowest BCUT2D eigenvalue weighted by molar-refractivity contribution is -0.215. The molecule has 0 aromatic rings. The van der Waals surface area contributed by atoms with Crippen molar-refractivity contribution in [2.24, 2.45) is 17.3 Å². The molecule has 3 rings (SSSR count). The maximum atomic E-state index is 11.2. The van der Waals surface area contributed by atoms with E-state index in [1.165, 1.54) is 13.8 Å². The Labute approximate surface area is 107 Å². The second-order valence-corrected chi connectivity index (χ2v) is 5.88. The Balaban J connectivity index is 2.28. The number of hydrogen-bond donors (Lipinski definition) is 0. The van der Waals surface area contributed by atoms with E-state index in [1.54, 1.807) is 0 Å². The van der Waals surface area contributed by atoms with Crippen molar-refractivity contribution < 1.29 is 19.1 Å². The van der Waals surface area contributed by atoms with Gasteiger partial charge in [-0.25, -0.2) is 0 Å². The molecule has 0 heterocycles. The SMILES string of the molecule is CC(=O)O[C@H]1[C@@H]2[C@H](OC(C)=O)C=C(C)[C@H]1C2(C)C. The summed E-state index contributed by atoms with van der Waals surface area (Å²) in [7, 11) is 0. The molecular weight excluding hydrogens is 232 g/mol. The standard InChI is InChI=1S/C14H20O4/c1-7-6-10(17-8(2)15)12-13(18-9(3)16)11(7)14(12,4)5/h6,10-13H,1-5H3/t10-,11-,12+,13-/m1/s1. The Morgan fingerprint density at radius 3 is 2.17 bits per heavy atom. The van der Waals surface area contributed by atoms with Crippen LogP contribution < -0.4 is 0 Å². The number of hydrogen-bond acceptors (Lipinski definition) is 4. The molecule has 0 radical (unpaired) electrons. The largest absolute Gasteiger partial charge is 0.461 e. The number of esters is 2. The first-order valence-electron chi connectivity index (χ1n) is 6.28. The van der Waals surface area contributed by atoms with E-state index in [4.69, 9.17) is 9.47 Å². The highest BCUT2D eigenvalue weighted by molar-refractivity contribution is 5.67. The number of ether oxygens (including phenoxy) is 2. The molecule has 18 heavy (non-hydrogen) atoms. The average molecular weight is 252 g/mol. The number of carbonyl (C=O) groups is 2. The van der Waals surface area contributed by atoms with Crippen LogP contribution in [0.2, 0.25) is 0 Å². The van der Waals surface area contributed by atoms with Gasteiger partial charge in [0.1, 0.15) is 12.2 Å². The van der Waals surface area contributed by atoms with Crippen molar-refractivity contribution in [2.75, 3.05) is 0 Å². The van der Waals surface area contributed by atoms with Gasteiger partial charge in [0.05, 0.1) is 0 Å². The Hall–Kier alpha value is -1.32. The molecule has 1 saturated carbocycles. The van der Waals surface area contributed by atoms with Crippen LogP contribution in [0, 0.1) is 17.3 Å². The predicted octanol–water partition coefficient (Wildman–Crippen LogP) is 2.08. The number of fused-ring (bicyclic) bond motifs is 1. The van der Waals surface area contributed by atoms with Crippen LogP contribution in [0.15, 0.2) is 11.6 Å². The predicted molar refractivity (Wildman–Crippen MR) is 65.6 cm³/mol. The fraction of sp³-hybridized carbons (Fsp3) is 0.714. The maximum Gasteiger partial charge on any atom is 0.303 e. The minimum absolute atomic E-state index is 0.000926. The second-order valence-electron chi connectivity index (χ2n) is 5.88. The molecule has 0 saturated heterocycles. The molecule has 3 aliphatic rings. The van der Waals surface area contributed by atoms with Crippen LogP contribution in [0.3, 0.4) is 0 Å². The van der Waals surface area contributed by atoms with Crippen LogP contribution in [0.5, 0.6) is 0 Å². The van der Waals surface area contributed by atoms with Gasteiger partial charge in [-0.1, -0.05) is 19.4 Å². The fourth-order valence-corrected chi connectivity index (χ4v) is 3.70. The molecule has 0 aliphatic heterocycles. The summed E-state index contributed by atoms with van der Waals surface area (Å²) >= 11 is 0. The molecule has 4 heteroatoms. The van der Waals surface area contributed by atoms with Crippen LogP contribution in [0.25, 0.3) is 0 Å². The molecule has 4 atom stereocenters. The molecule has 100 valence electrons. The normalized spacial score (nSPS) is 36.2. The molecule has 0 spiro atoms. The van der Waals surface area contributed by atoms with Gasteiger partial charge in [-0.05, 0) is 18.4 Å².